The van der Waals surface area contributed by atoms with E-state index in [9.17, 15) is 0 Å². The molecule has 1 aliphatic rings. The molecule has 0 radical (unpaired) electrons. The summed E-state index contributed by atoms with van der Waals surface area (Å²) >= 11 is 7.81. The van der Waals surface area contributed by atoms with Crippen molar-refractivity contribution in [3.05, 3.63) is 154 Å². The Kier molecular flexibility index (Phi) is 5.99. The van der Waals surface area contributed by atoms with Crippen molar-refractivity contribution in [2.75, 3.05) is 0 Å². The highest BCUT2D eigenvalue weighted by Gasteiger charge is 2.42. The Morgan fingerprint density at radius 1 is 0.594 bits per heavy atom. The smallest absolute Gasteiger partial charge is 0.0745 e. The highest BCUT2D eigenvalue weighted by atomic mass is 79.9. The van der Waals surface area contributed by atoms with Crippen LogP contribution in [0.5, 0.6) is 0 Å². The van der Waals surface area contributed by atoms with Gasteiger partial charge in [0.05, 0.1) is 4.32 Å². The quantitative estimate of drug-likeness (QED) is 0.226. The second-order valence-corrected chi connectivity index (χ2v) is 10.2. The van der Waals surface area contributed by atoms with Crippen molar-refractivity contribution < 1.29 is 0 Å². The van der Waals surface area contributed by atoms with Gasteiger partial charge in [0.1, 0.15) is 0 Å². The molecule has 2 atom stereocenters. The maximum absolute atomic E-state index is 4.23. The molecule has 4 aromatic rings. The van der Waals surface area contributed by atoms with E-state index in [2.05, 4.69) is 159 Å². The fourth-order valence-corrected chi connectivity index (χ4v) is 5.74. The predicted octanol–water partition coefficient (Wildman–Crippen LogP) is 9.00. The molecule has 0 aromatic heterocycles. The van der Waals surface area contributed by atoms with Crippen molar-refractivity contribution in [1.29, 1.82) is 0 Å². The molecule has 2 heteroatoms. The van der Waals surface area contributed by atoms with Gasteiger partial charge in [0.25, 0.3) is 0 Å². The van der Waals surface area contributed by atoms with Gasteiger partial charge in [0.2, 0.25) is 0 Å². The summed E-state index contributed by atoms with van der Waals surface area (Å²) < 4.78 is 0.723. The first-order valence-corrected chi connectivity index (χ1v) is 12.3. The number of hydrogen-bond donors (Lipinski definition) is 0. The number of allylic oxidation sites excluding steroid dienone is 4. The highest BCUT2D eigenvalue weighted by molar-refractivity contribution is 9.10. The van der Waals surface area contributed by atoms with E-state index in [1.54, 1.807) is 0 Å². The van der Waals surface area contributed by atoms with E-state index < -0.39 is 0 Å². The van der Waals surface area contributed by atoms with Crippen molar-refractivity contribution in [2.45, 2.75) is 10.2 Å². The van der Waals surface area contributed by atoms with Crippen LogP contribution in [0.1, 0.15) is 28.2 Å². The molecule has 0 N–H and O–H groups in total. The molecule has 2 unspecified atom stereocenters. The van der Waals surface area contributed by atoms with Gasteiger partial charge in [0, 0.05) is 10.4 Å². The van der Waals surface area contributed by atoms with Crippen molar-refractivity contribution in [3.63, 3.8) is 0 Å². The summed E-state index contributed by atoms with van der Waals surface area (Å²) in [6.45, 7) is 0. The maximum atomic E-state index is 4.23. The first-order chi connectivity index (χ1) is 15.7. The molecule has 0 heterocycles. The lowest BCUT2D eigenvalue weighted by molar-refractivity contribution is 0.702. The lowest BCUT2D eigenvalue weighted by atomic mass is 9.69. The second-order valence-electron chi connectivity index (χ2n) is 8.01. The van der Waals surface area contributed by atoms with Crippen LogP contribution in [0.25, 0.3) is 11.1 Å². The summed E-state index contributed by atoms with van der Waals surface area (Å²) in [7, 11) is 0. The highest BCUT2D eigenvalue weighted by Crippen LogP contribution is 2.56. The molecule has 0 saturated heterocycles. The number of hydrogen-bond acceptors (Lipinski definition) is 0. The van der Waals surface area contributed by atoms with Crippen molar-refractivity contribution >= 4 is 43.0 Å². The largest absolute Gasteiger partial charge is 0.0798 e. The van der Waals surface area contributed by atoms with Crippen LogP contribution in [0.2, 0.25) is 0 Å². The topological polar surface area (TPSA) is 0 Å². The van der Waals surface area contributed by atoms with E-state index in [1.807, 2.05) is 0 Å². The summed E-state index contributed by atoms with van der Waals surface area (Å²) in [6, 6.07) is 41.0. The zero-order valence-electron chi connectivity index (χ0n) is 17.5. The third-order valence-corrected chi connectivity index (χ3v) is 7.79. The van der Waals surface area contributed by atoms with Gasteiger partial charge in [0.15, 0.2) is 0 Å². The molecule has 156 valence electrons. The Balaban J connectivity index is 1.82. The minimum absolute atomic E-state index is 0.0946. The normalized spacial score (nSPS) is 20.4. The molecular formula is C30H22Br2. The van der Waals surface area contributed by atoms with Gasteiger partial charge in [-0.15, -0.1) is 0 Å². The zero-order chi connectivity index (χ0) is 22.0. The van der Waals surface area contributed by atoms with Gasteiger partial charge in [-0.05, 0) is 45.5 Å². The van der Waals surface area contributed by atoms with Gasteiger partial charge >= 0.3 is 0 Å². The SMILES string of the molecule is Brc1ccc(C2=C(c3ccccc3)C(c3ccccc3)C(Br)(c3ccccc3)C=C2)cc1. The van der Waals surface area contributed by atoms with E-state index >= 15 is 0 Å². The molecule has 32 heavy (non-hydrogen) atoms. The monoisotopic (exact) mass is 540 g/mol. The molecule has 4 aromatic carbocycles. The zero-order valence-corrected chi connectivity index (χ0v) is 20.6. The van der Waals surface area contributed by atoms with Gasteiger partial charge in [-0.2, -0.15) is 0 Å². The molecule has 0 amide bonds. The van der Waals surface area contributed by atoms with Gasteiger partial charge < -0.3 is 0 Å². The van der Waals surface area contributed by atoms with Crippen molar-refractivity contribution in [1.82, 2.24) is 0 Å². The molecule has 0 saturated carbocycles. The molecule has 0 nitrogen and oxygen atoms in total. The molecule has 0 bridgehead atoms. The molecule has 0 aliphatic heterocycles. The van der Waals surface area contributed by atoms with E-state index in [0.29, 0.717) is 0 Å². The fraction of sp³-hybridized carbons (Fsp3) is 0.0667. The minimum atomic E-state index is -0.361. The molecule has 1 aliphatic carbocycles. The Bertz CT molecular complexity index is 1260. The average molecular weight is 542 g/mol. The standard InChI is InChI=1S/C30H22Br2/c31-26-18-16-22(17-19-26)27-20-21-30(32,25-14-8-3-9-15-25)29(24-12-6-2-7-13-24)28(27)23-10-4-1-5-11-23/h1-21,29H. The Morgan fingerprint density at radius 3 is 1.78 bits per heavy atom. The van der Waals surface area contributed by atoms with Crippen LogP contribution in [0.4, 0.5) is 0 Å². The number of rotatable bonds is 4. The lowest BCUT2D eigenvalue weighted by Gasteiger charge is -2.40. The summed E-state index contributed by atoms with van der Waals surface area (Å²) in [6.07, 6.45) is 4.61. The maximum Gasteiger partial charge on any atom is 0.0798 e. The summed E-state index contributed by atoms with van der Waals surface area (Å²) in [5.41, 5.74) is 7.56. The Hall–Kier alpha value is -2.68. The first kappa shape index (κ1) is 21.2. The summed E-state index contributed by atoms with van der Waals surface area (Å²) in [5.74, 6) is 0.0946. The molecular weight excluding hydrogens is 520 g/mol. The molecule has 0 spiro atoms. The van der Waals surface area contributed by atoms with Crippen LogP contribution in [-0.4, -0.2) is 0 Å². The lowest BCUT2D eigenvalue weighted by Crippen LogP contribution is -2.29. The van der Waals surface area contributed by atoms with E-state index in [1.165, 1.54) is 33.4 Å². The predicted molar refractivity (Wildman–Crippen MR) is 143 cm³/mol. The van der Waals surface area contributed by atoms with E-state index in [0.717, 1.165) is 4.47 Å². The fourth-order valence-electron chi connectivity index (χ4n) is 4.59. The molecule has 5 rings (SSSR count). The van der Waals surface area contributed by atoms with Gasteiger partial charge in [-0.1, -0.05) is 147 Å². The van der Waals surface area contributed by atoms with E-state index in [-0.39, 0.29) is 10.2 Å². The van der Waals surface area contributed by atoms with Crippen LogP contribution in [0.3, 0.4) is 0 Å². The summed E-state index contributed by atoms with van der Waals surface area (Å²) in [4.78, 5) is 0. The third kappa shape index (κ3) is 3.94. The van der Waals surface area contributed by atoms with Gasteiger partial charge in [-0.25, -0.2) is 0 Å². The van der Waals surface area contributed by atoms with Gasteiger partial charge in [-0.3, -0.25) is 0 Å². The molecule has 0 fully saturated rings. The van der Waals surface area contributed by atoms with Crippen LogP contribution in [-0.2, 0) is 4.32 Å². The van der Waals surface area contributed by atoms with Crippen LogP contribution < -0.4 is 0 Å². The number of halogens is 2. The Labute approximate surface area is 206 Å². The number of alkyl halides is 1. The third-order valence-electron chi connectivity index (χ3n) is 6.08. The van der Waals surface area contributed by atoms with Crippen LogP contribution in [0, 0.1) is 0 Å². The average Bonchev–Trinajstić information content (AvgIpc) is 2.86. The van der Waals surface area contributed by atoms with Crippen molar-refractivity contribution in [2.24, 2.45) is 0 Å². The Morgan fingerprint density at radius 2 is 1.16 bits per heavy atom. The minimum Gasteiger partial charge on any atom is -0.0745 e. The first-order valence-electron chi connectivity index (χ1n) is 10.7. The number of benzene rings is 4. The van der Waals surface area contributed by atoms with Crippen molar-refractivity contribution in [3.8, 4) is 0 Å². The second kappa shape index (κ2) is 9.05. The van der Waals surface area contributed by atoms with Crippen LogP contribution >= 0.6 is 31.9 Å². The van der Waals surface area contributed by atoms with E-state index in [4.69, 9.17) is 0 Å². The summed E-state index contributed by atoms with van der Waals surface area (Å²) in [5, 5.41) is 0. The van der Waals surface area contributed by atoms with Crippen LogP contribution in [0.15, 0.2) is 132 Å².